The molecule has 1 atom stereocenters. The molecule has 0 aliphatic carbocycles. The molecular weight excluding hydrogens is 354 g/mol. The van der Waals surface area contributed by atoms with Gasteiger partial charge in [0.25, 0.3) is 11.8 Å². The van der Waals surface area contributed by atoms with E-state index in [1.54, 1.807) is 34.6 Å². The number of carbonyl (C=O) groups excluding carboxylic acids is 2. The molecule has 140 valence electrons. The van der Waals surface area contributed by atoms with E-state index in [0.717, 1.165) is 16.9 Å². The number of nitrogens with one attached hydrogen (secondary N) is 2. The minimum Gasteiger partial charge on any atom is -0.368 e. The summed E-state index contributed by atoms with van der Waals surface area (Å²) in [5.41, 5.74) is 4.17. The summed E-state index contributed by atoms with van der Waals surface area (Å²) >= 11 is 0. The normalized spacial score (nSPS) is 17.9. The molecule has 6 nitrogen and oxygen atoms in total. The van der Waals surface area contributed by atoms with Crippen molar-refractivity contribution in [1.82, 2.24) is 5.48 Å². The van der Waals surface area contributed by atoms with Crippen molar-refractivity contribution in [2.24, 2.45) is 0 Å². The first-order valence-electron chi connectivity index (χ1n) is 8.86. The summed E-state index contributed by atoms with van der Waals surface area (Å²) in [5.74, 6) is -0.674. The molecule has 1 aliphatic heterocycles. The Hall–Kier alpha value is -3.64. The molecule has 3 N–H and O–H groups in total. The van der Waals surface area contributed by atoms with Crippen LogP contribution in [-0.4, -0.2) is 17.0 Å². The number of rotatable bonds is 4. The van der Waals surface area contributed by atoms with Gasteiger partial charge in [-0.25, -0.2) is 5.48 Å². The summed E-state index contributed by atoms with van der Waals surface area (Å²) in [7, 11) is 0. The van der Waals surface area contributed by atoms with Crippen molar-refractivity contribution in [3.8, 4) is 0 Å². The molecule has 0 saturated heterocycles. The van der Waals surface area contributed by atoms with Crippen LogP contribution < -0.4 is 15.7 Å². The Morgan fingerprint density at radius 3 is 2.25 bits per heavy atom. The van der Waals surface area contributed by atoms with Crippen LogP contribution in [0.1, 0.15) is 22.8 Å². The highest BCUT2D eigenvalue weighted by Crippen LogP contribution is 2.45. The van der Waals surface area contributed by atoms with Gasteiger partial charge in [-0.2, -0.15) is 0 Å². The predicted octanol–water partition coefficient (Wildman–Crippen LogP) is 3.81. The van der Waals surface area contributed by atoms with Gasteiger partial charge >= 0.3 is 0 Å². The number of fused-ring (bicyclic) bond motifs is 1. The van der Waals surface area contributed by atoms with E-state index < -0.39 is 11.4 Å². The molecular formula is C22H19N3O3. The van der Waals surface area contributed by atoms with Gasteiger partial charge in [0.2, 0.25) is 0 Å². The number of hydrogen-bond acceptors (Lipinski definition) is 4. The van der Waals surface area contributed by atoms with Crippen molar-refractivity contribution in [2.75, 3.05) is 10.2 Å². The minimum absolute atomic E-state index is 0.0860. The molecule has 6 heteroatoms. The van der Waals surface area contributed by atoms with Crippen LogP contribution in [0.5, 0.6) is 0 Å². The van der Waals surface area contributed by atoms with Gasteiger partial charge in [0.05, 0.1) is 5.69 Å². The topological polar surface area (TPSA) is 81.7 Å². The van der Waals surface area contributed by atoms with Crippen molar-refractivity contribution in [2.45, 2.75) is 12.5 Å². The van der Waals surface area contributed by atoms with Crippen LogP contribution in [0.15, 0.2) is 78.9 Å². The van der Waals surface area contributed by atoms with Crippen LogP contribution in [0.25, 0.3) is 0 Å². The number of carbonyl (C=O) groups is 2. The van der Waals surface area contributed by atoms with Gasteiger partial charge in [0.1, 0.15) is 5.54 Å². The van der Waals surface area contributed by atoms with Gasteiger partial charge in [0, 0.05) is 22.5 Å². The number of anilines is 3. The molecule has 0 fully saturated rings. The smallest absolute Gasteiger partial charge is 0.274 e. The lowest BCUT2D eigenvalue weighted by molar-refractivity contribution is -0.121. The van der Waals surface area contributed by atoms with Crippen LogP contribution in [0.3, 0.4) is 0 Å². The molecule has 2 amide bonds. The molecule has 0 radical (unpaired) electrons. The molecule has 1 aliphatic rings. The van der Waals surface area contributed by atoms with E-state index in [9.17, 15) is 9.59 Å². The first kappa shape index (κ1) is 17.8. The number of para-hydroxylation sites is 2. The van der Waals surface area contributed by atoms with Crippen molar-refractivity contribution < 1.29 is 14.8 Å². The summed E-state index contributed by atoms with van der Waals surface area (Å²) in [6, 6.07) is 23.8. The van der Waals surface area contributed by atoms with Crippen molar-refractivity contribution >= 4 is 28.9 Å². The lowest BCUT2D eigenvalue weighted by Crippen LogP contribution is -2.42. The lowest BCUT2D eigenvalue weighted by Gasteiger charge is -2.27. The molecule has 0 aromatic heterocycles. The number of benzene rings is 3. The maximum atomic E-state index is 13.5. The monoisotopic (exact) mass is 373 g/mol. The van der Waals surface area contributed by atoms with Gasteiger partial charge in [-0.05, 0) is 49.4 Å². The van der Waals surface area contributed by atoms with E-state index in [2.05, 4.69) is 5.32 Å². The second-order valence-corrected chi connectivity index (χ2v) is 6.76. The van der Waals surface area contributed by atoms with E-state index in [1.807, 2.05) is 61.5 Å². The molecule has 0 spiro atoms. The van der Waals surface area contributed by atoms with E-state index in [4.69, 9.17) is 5.21 Å². The van der Waals surface area contributed by atoms with Crippen LogP contribution in [0, 0.1) is 0 Å². The van der Waals surface area contributed by atoms with Crippen LogP contribution in [0.2, 0.25) is 0 Å². The van der Waals surface area contributed by atoms with Gasteiger partial charge < -0.3 is 5.32 Å². The molecule has 3 aromatic rings. The highest BCUT2D eigenvalue weighted by molar-refractivity contribution is 6.13. The third kappa shape index (κ3) is 2.80. The van der Waals surface area contributed by atoms with Crippen molar-refractivity contribution in [1.29, 1.82) is 0 Å². The first-order chi connectivity index (χ1) is 13.5. The fourth-order valence-corrected chi connectivity index (χ4v) is 3.55. The molecule has 3 aromatic carbocycles. The van der Waals surface area contributed by atoms with Crippen LogP contribution in [-0.2, 0) is 10.3 Å². The van der Waals surface area contributed by atoms with Gasteiger partial charge in [-0.15, -0.1) is 0 Å². The minimum atomic E-state index is -0.965. The third-order valence-corrected chi connectivity index (χ3v) is 4.97. The predicted molar refractivity (Wildman–Crippen MR) is 107 cm³/mol. The molecule has 0 bridgehead atoms. The highest BCUT2D eigenvalue weighted by atomic mass is 16.5. The summed E-state index contributed by atoms with van der Waals surface area (Å²) in [6.07, 6.45) is 0. The first-order valence-corrected chi connectivity index (χ1v) is 8.86. The Balaban J connectivity index is 1.72. The van der Waals surface area contributed by atoms with Crippen LogP contribution >= 0.6 is 0 Å². The summed E-state index contributed by atoms with van der Waals surface area (Å²) in [4.78, 5) is 26.7. The Morgan fingerprint density at radius 2 is 1.57 bits per heavy atom. The maximum Gasteiger partial charge on any atom is 0.274 e. The average Bonchev–Trinajstić information content (AvgIpc) is 2.96. The zero-order valence-electron chi connectivity index (χ0n) is 15.2. The Kier molecular flexibility index (Phi) is 4.33. The fraction of sp³-hybridized carbons (Fsp3) is 0.0909. The third-order valence-electron chi connectivity index (χ3n) is 4.97. The standard InChI is InChI=1S/C22H19N3O3/c1-22(23-16-13-11-15(12-14-16)20(26)24-28)18-9-5-6-10-19(18)25(21(22)27)17-7-3-2-4-8-17/h2-14,23,28H,1H3,(H,24,26). The Bertz CT molecular complexity index is 1030. The second kappa shape index (κ2) is 6.83. The molecule has 4 rings (SSSR count). The molecule has 1 unspecified atom stereocenters. The van der Waals surface area contributed by atoms with E-state index in [1.165, 1.54) is 0 Å². The second-order valence-electron chi connectivity index (χ2n) is 6.76. The van der Waals surface area contributed by atoms with Gasteiger partial charge in [-0.3, -0.25) is 19.7 Å². The molecule has 0 saturated carbocycles. The van der Waals surface area contributed by atoms with E-state index in [-0.39, 0.29) is 5.91 Å². The Morgan fingerprint density at radius 1 is 0.929 bits per heavy atom. The number of nitrogens with zero attached hydrogens (tertiary/aromatic N) is 1. The average molecular weight is 373 g/mol. The van der Waals surface area contributed by atoms with E-state index >= 15 is 0 Å². The van der Waals surface area contributed by atoms with E-state index in [0.29, 0.717) is 11.3 Å². The summed E-state index contributed by atoms with van der Waals surface area (Å²) < 4.78 is 0. The largest absolute Gasteiger partial charge is 0.368 e. The number of amides is 2. The number of hydrogen-bond donors (Lipinski definition) is 3. The maximum absolute atomic E-state index is 13.5. The van der Waals surface area contributed by atoms with Crippen molar-refractivity contribution in [3.05, 3.63) is 90.0 Å². The summed E-state index contributed by atoms with van der Waals surface area (Å²) in [6.45, 7) is 1.85. The fourth-order valence-electron chi connectivity index (χ4n) is 3.55. The molecule has 28 heavy (non-hydrogen) atoms. The quantitative estimate of drug-likeness (QED) is 0.480. The number of hydroxylamine groups is 1. The molecule has 1 heterocycles. The van der Waals surface area contributed by atoms with Gasteiger partial charge in [-0.1, -0.05) is 36.4 Å². The highest BCUT2D eigenvalue weighted by Gasteiger charge is 2.48. The van der Waals surface area contributed by atoms with Crippen LogP contribution in [0.4, 0.5) is 17.1 Å². The zero-order valence-corrected chi connectivity index (χ0v) is 15.2. The zero-order chi connectivity index (χ0) is 19.7. The summed E-state index contributed by atoms with van der Waals surface area (Å²) in [5, 5.41) is 12.1. The SMILES string of the molecule is CC1(Nc2ccc(C(=O)NO)cc2)C(=O)N(c2ccccc2)c2ccccc21. The lowest BCUT2D eigenvalue weighted by atomic mass is 9.93. The van der Waals surface area contributed by atoms with Crippen molar-refractivity contribution in [3.63, 3.8) is 0 Å². The van der Waals surface area contributed by atoms with Gasteiger partial charge in [0.15, 0.2) is 0 Å². The Labute approximate surface area is 162 Å².